The van der Waals surface area contributed by atoms with Crippen molar-refractivity contribution >= 4 is 32.8 Å². The molecule has 37 heavy (non-hydrogen) atoms. The van der Waals surface area contributed by atoms with Gasteiger partial charge in [-0.05, 0) is 35.9 Å². The highest BCUT2D eigenvalue weighted by Crippen LogP contribution is 2.33. The van der Waals surface area contributed by atoms with Crippen molar-refractivity contribution in [2.75, 3.05) is 5.75 Å². The molecule has 0 radical (unpaired) electrons. The molecule has 0 saturated heterocycles. The topological polar surface area (TPSA) is 74.1 Å². The molecule has 0 unspecified atom stereocenters. The SMILES string of the molecule is CCS(=O)(=O)c1cc(-c2ccc(OC(F)(F)F)cc2)cnc1-n1ncc2ccc(C(F)(F)F)cc2c1=S. The van der Waals surface area contributed by atoms with Crippen LogP contribution in [0.25, 0.3) is 27.7 Å². The zero-order valence-electron chi connectivity index (χ0n) is 18.6. The second-order valence-corrected chi connectivity index (χ2v) is 10.3. The number of fused-ring (bicyclic) bond motifs is 1. The van der Waals surface area contributed by atoms with Crippen molar-refractivity contribution in [3.8, 4) is 22.7 Å². The van der Waals surface area contributed by atoms with Gasteiger partial charge >= 0.3 is 12.5 Å². The minimum absolute atomic E-state index is 0.0193. The average Bonchev–Trinajstić information content (AvgIpc) is 2.83. The fourth-order valence-corrected chi connectivity index (χ4v) is 4.80. The van der Waals surface area contributed by atoms with Crippen LogP contribution in [0.4, 0.5) is 26.3 Å². The number of sulfone groups is 1. The van der Waals surface area contributed by atoms with Gasteiger partial charge in [0.05, 0.1) is 17.5 Å². The molecule has 4 rings (SSSR count). The number of nitrogens with zero attached hydrogens (tertiary/aromatic N) is 3. The fraction of sp³-hybridized carbons (Fsp3) is 0.174. The highest BCUT2D eigenvalue weighted by atomic mass is 32.2. The Bertz CT molecular complexity index is 1650. The Labute approximate surface area is 211 Å². The van der Waals surface area contributed by atoms with E-state index >= 15 is 0 Å². The van der Waals surface area contributed by atoms with Gasteiger partial charge in [0.15, 0.2) is 15.7 Å². The highest BCUT2D eigenvalue weighted by Gasteiger charge is 2.32. The zero-order chi connectivity index (χ0) is 27.2. The number of halogens is 6. The second kappa shape index (κ2) is 9.41. The summed E-state index contributed by atoms with van der Waals surface area (Å²) in [6, 6.07) is 8.89. The van der Waals surface area contributed by atoms with E-state index in [2.05, 4.69) is 14.8 Å². The molecule has 0 aliphatic heterocycles. The quantitative estimate of drug-likeness (QED) is 0.205. The van der Waals surface area contributed by atoms with E-state index in [9.17, 15) is 34.8 Å². The van der Waals surface area contributed by atoms with Gasteiger partial charge in [-0.3, -0.25) is 0 Å². The predicted octanol–water partition coefficient (Wildman–Crippen LogP) is 6.53. The maximum Gasteiger partial charge on any atom is 0.573 e. The van der Waals surface area contributed by atoms with E-state index in [1.54, 1.807) is 0 Å². The molecular weight excluding hydrogens is 544 g/mol. The van der Waals surface area contributed by atoms with Gasteiger partial charge < -0.3 is 4.74 Å². The first kappa shape index (κ1) is 26.5. The van der Waals surface area contributed by atoms with Crippen LogP contribution in [0.3, 0.4) is 0 Å². The molecule has 0 aliphatic carbocycles. The van der Waals surface area contributed by atoms with Crippen molar-refractivity contribution in [2.45, 2.75) is 24.4 Å². The minimum atomic E-state index is -4.88. The van der Waals surface area contributed by atoms with Crippen molar-refractivity contribution in [1.29, 1.82) is 0 Å². The van der Waals surface area contributed by atoms with Crippen molar-refractivity contribution in [3.05, 3.63) is 71.1 Å². The third-order valence-electron chi connectivity index (χ3n) is 5.29. The van der Waals surface area contributed by atoms with Crippen LogP contribution in [-0.4, -0.2) is 35.3 Å². The maximum absolute atomic E-state index is 13.2. The second-order valence-electron chi connectivity index (χ2n) is 7.68. The first-order valence-corrected chi connectivity index (χ1v) is 12.4. The number of aromatic nitrogens is 3. The van der Waals surface area contributed by atoms with E-state index in [-0.39, 0.29) is 32.1 Å². The molecule has 194 valence electrons. The van der Waals surface area contributed by atoms with Crippen molar-refractivity contribution in [1.82, 2.24) is 14.8 Å². The van der Waals surface area contributed by atoms with Crippen molar-refractivity contribution in [3.63, 3.8) is 0 Å². The monoisotopic (exact) mass is 559 g/mol. The van der Waals surface area contributed by atoms with Crippen LogP contribution in [0.2, 0.25) is 0 Å². The summed E-state index contributed by atoms with van der Waals surface area (Å²) in [5.74, 6) is -1.04. The van der Waals surface area contributed by atoms with Crippen LogP contribution in [0.5, 0.6) is 5.75 Å². The third-order valence-corrected chi connectivity index (χ3v) is 7.41. The fourth-order valence-electron chi connectivity index (χ4n) is 3.46. The van der Waals surface area contributed by atoms with E-state index in [1.807, 2.05) is 0 Å². The summed E-state index contributed by atoms with van der Waals surface area (Å²) in [5, 5.41) is 4.44. The number of benzene rings is 2. The Balaban J connectivity index is 1.87. The van der Waals surface area contributed by atoms with Gasteiger partial charge in [-0.15, -0.1) is 13.2 Å². The summed E-state index contributed by atoms with van der Waals surface area (Å²) in [6.45, 7) is 1.39. The van der Waals surface area contributed by atoms with Gasteiger partial charge in [-0.1, -0.05) is 37.3 Å². The number of hydrogen-bond donors (Lipinski definition) is 0. The minimum Gasteiger partial charge on any atom is -0.406 e. The molecule has 0 fully saturated rings. The molecule has 0 amide bonds. The molecule has 14 heteroatoms. The first-order valence-electron chi connectivity index (χ1n) is 10.4. The van der Waals surface area contributed by atoms with Crippen LogP contribution in [0.1, 0.15) is 12.5 Å². The van der Waals surface area contributed by atoms with Crippen LogP contribution >= 0.6 is 12.2 Å². The van der Waals surface area contributed by atoms with Gasteiger partial charge in [-0.2, -0.15) is 18.3 Å². The molecule has 0 spiro atoms. The highest BCUT2D eigenvalue weighted by molar-refractivity contribution is 7.91. The number of hydrogen-bond acceptors (Lipinski definition) is 6. The van der Waals surface area contributed by atoms with E-state index in [1.165, 1.54) is 43.6 Å². The standard InChI is InChI=1S/C23H15F6N3O3S2/c1-2-37(33,34)19-9-15(13-4-7-17(8-5-13)35-23(27,28)29)11-30-20(19)32-21(36)18-10-16(22(24,25)26)6-3-14(18)12-31-32/h3-12H,2H2,1H3. The summed E-state index contributed by atoms with van der Waals surface area (Å²) < 4.78 is 108. The average molecular weight is 560 g/mol. The molecule has 2 aromatic carbocycles. The van der Waals surface area contributed by atoms with Crippen LogP contribution < -0.4 is 4.74 Å². The van der Waals surface area contributed by atoms with Gasteiger partial charge in [0.1, 0.15) is 15.3 Å². The molecule has 6 nitrogen and oxygen atoms in total. The molecule has 2 heterocycles. The number of pyridine rings is 1. The molecule has 0 atom stereocenters. The van der Waals surface area contributed by atoms with Gasteiger partial charge in [0, 0.05) is 22.5 Å². The summed E-state index contributed by atoms with van der Waals surface area (Å²) >= 11 is 5.35. The molecule has 0 N–H and O–H groups in total. The molecular formula is C23H15F6N3O3S2. The molecule has 0 aliphatic rings. The van der Waals surface area contributed by atoms with E-state index in [0.29, 0.717) is 10.9 Å². The van der Waals surface area contributed by atoms with Crippen LogP contribution in [0.15, 0.2) is 65.8 Å². The van der Waals surface area contributed by atoms with Gasteiger partial charge in [0.25, 0.3) is 0 Å². The lowest BCUT2D eigenvalue weighted by Gasteiger charge is -2.14. The smallest absolute Gasteiger partial charge is 0.406 e. The Hall–Kier alpha value is -3.52. The number of rotatable bonds is 5. The normalized spacial score (nSPS) is 12.6. The van der Waals surface area contributed by atoms with Crippen LogP contribution in [0, 0.1) is 4.64 Å². The lowest BCUT2D eigenvalue weighted by molar-refractivity contribution is -0.274. The Morgan fingerprint density at radius 2 is 1.62 bits per heavy atom. The lowest BCUT2D eigenvalue weighted by atomic mass is 10.1. The largest absolute Gasteiger partial charge is 0.573 e. The summed E-state index contributed by atoms with van der Waals surface area (Å²) in [6.07, 6.45) is -7.01. The van der Waals surface area contributed by atoms with Crippen LogP contribution in [-0.2, 0) is 16.0 Å². The van der Waals surface area contributed by atoms with Gasteiger partial charge in [0.2, 0.25) is 0 Å². The number of alkyl halides is 6. The number of ether oxygens (including phenoxy) is 1. The van der Waals surface area contributed by atoms with E-state index < -0.39 is 33.7 Å². The summed E-state index contributed by atoms with van der Waals surface area (Å²) in [5.41, 5.74) is -0.349. The molecule has 4 aromatic rings. The molecule has 0 bridgehead atoms. The van der Waals surface area contributed by atoms with Gasteiger partial charge in [-0.25, -0.2) is 18.1 Å². The van der Waals surface area contributed by atoms with Crippen molar-refractivity contribution in [2.24, 2.45) is 0 Å². The lowest BCUT2D eigenvalue weighted by Crippen LogP contribution is -2.17. The molecule has 2 aromatic heterocycles. The third kappa shape index (κ3) is 5.59. The summed E-state index contributed by atoms with van der Waals surface area (Å²) in [4.78, 5) is 3.87. The first-order chi connectivity index (χ1) is 17.2. The Morgan fingerprint density at radius 3 is 2.22 bits per heavy atom. The maximum atomic E-state index is 13.2. The van der Waals surface area contributed by atoms with E-state index in [4.69, 9.17) is 12.2 Å². The zero-order valence-corrected chi connectivity index (χ0v) is 20.3. The Morgan fingerprint density at radius 1 is 0.946 bits per heavy atom. The Kier molecular flexibility index (Phi) is 6.75. The molecule has 0 saturated carbocycles. The van der Waals surface area contributed by atoms with E-state index in [0.717, 1.165) is 28.9 Å². The summed E-state index contributed by atoms with van der Waals surface area (Å²) in [7, 11) is -3.96. The van der Waals surface area contributed by atoms with Crippen molar-refractivity contribution < 1.29 is 39.5 Å². The predicted molar refractivity (Wildman–Crippen MR) is 125 cm³/mol.